The average molecular weight is 317 g/mol. The van der Waals surface area contributed by atoms with Crippen molar-refractivity contribution in [3.63, 3.8) is 0 Å². The van der Waals surface area contributed by atoms with E-state index in [1.54, 1.807) is 0 Å². The zero-order valence-corrected chi connectivity index (χ0v) is 12.6. The first kappa shape index (κ1) is 16.0. The molecule has 0 radical (unpaired) electrons. The molecule has 1 fully saturated rings. The third-order valence-corrected chi connectivity index (χ3v) is 3.98. The van der Waals surface area contributed by atoms with Crippen LogP contribution in [0.15, 0.2) is 12.1 Å². The number of pyridine rings is 1. The molecule has 2 heterocycles. The standard InChI is InChI=1S/C14H18F3N3S/c1-9-5-3-2-4-8-20(9)13-10(12(18)21)6-7-11(19-13)14(15,16)17/h6-7,9H,2-5,8H2,1H3,(H2,18,21). The zero-order chi connectivity index (χ0) is 15.6. The lowest BCUT2D eigenvalue weighted by Crippen LogP contribution is -2.35. The molecule has 1 aliphatic rings. The number of anilines is 1. The summed E-state index contributed by atoms with van der Waals surface area (Å²) in [6, 6.07) is 2.38. The van der Waals surface area contributed by atoms with Crippen molar-refractivity contribution in [2.75, 3.05) is 11.4 Å². The van der Waals surface area contributed by atoms with Gasteiger partial charge in [-0.2, -0.15) is 13.2 Å². The molecular weight excluding hydrogens is 299 g/mol. The van der Waals surface area contributed by atoms with Gasteiger partial charge in [0.2, 0.25) is 0 Å². The predicted octanol–water partition coefficient (Wildman–Crippen LogP) is 3.50. The maximum atomic E-state index is 12.9. The van der Waals surface area contributed by atoms with Crippen LogP contribution in [0.25, 0.3) is 0 Å². The van der Waals surface area contributed by atoms with Crippen LogP contribution in [0.1, 0.15) is 43.9 Å². The smallest absolute Gasteiger partial charge is 0.389 e. The summed E-state index contributed by atoms with van der Waals surface area (Å²) in [5.41, 5.74) is 5.15. The molecule has 0 saturated carbocycles. The molecule has 7 heteroatoms. The Hall–Kier alpha value is -1.37. The van der Waals surface area contributed by atoms with Gasteiger partial charge in [-0.05, 0) is 31.9 Å². The molecule has 1 aliphatic heterocycles. The second-order valence-electron chi connectivity index (χ2n) is 5.32. The number of alkyl halides is 3. The molecule has 116 valence electrons. The zero-order valence-electron chi connectivity index (χ0n) is 11.8. The fourth-order valence-electron chi connectivity index (χ4n) is 2.61. The summed E-state index contributed by atoms with van der Waals surface area (Å²) in [7, 11) is 0. The topological polar surface area (TPSA) is 42.2 Å². The molecule has 1 aromatic heterocycles. The number of nitrogens with zero attached hydrogens (tertiary/aromatic N) is 2. The Labute approximate surface area is 127 Å². The monoisotopic (exact) mass is 317 g/mol. The third-order valence-electron chi connectivity index (χ3n) is 3.76. The molecule has 1 aromatic rings. The summed E-state index contributed by atoms with van der Waals surface area (Å²) in [4.78, 5) is 5.79. The quantitative estimate of drug-likeness (QED) is 0.848. The van der Waals surface area contributed by atoms with E-state index < -0.39 is 11.9 Å². The highest BCUT2D eigenvalue weighted by atomic mass is 32.1. The summed E-state index contributed by atoms with van der Waals surface area (Å²) >= 11 is 4.96. The van der Waals surface area contributed by atoms with Crippen LogP contribution in [0.2, 0.25) is 0 Å². The van der Waals surface area contributed by atoms with Crippen LogP contribution in [0.5, 0.6) is 0 Å². The van der Waals surface area contributed by atoms with E-state index in [2.05, 4.69) is 4.98 Å². The van der Waals surface area contributed by atoms with Crippen molar-refractivity contribution in [1.82, 2.24) is 4.98 Å². The highest BCUT2D eigenvalue weighted by molar-refractivity contribution is 7.80. The van der Waals surface area contributed by atoms with E-state index >= 15 is 0 Å². The summed E-state index contributed by atoms with van der Waals surface area (Å²) in [5, 5.41) is 0. The van der Waals surface area contributed by atoms with E-state index in [9.17, 15) is 13.2 Å². The highest BCUT2D eigenvalue weighted by Gasteiger charge is 2.34. The van der Waals surface area contributed by atoms with E-state index in [-0.39, 0.29) is 16.8 Å². The van der Waals surface area contributed by atoms with Gasteiger partial charge in [0.15, 0.2) is 0 Å². The first-order valence-electron chi connectivity index (χ1n) is 6.95. The molecule has 0 spiro atoms. The first-order valence-corrected chi connectivity index (χ1v) is 7.36. The van der Waals surface area contributed by atoms with Gasteiger partial charge in [-0.15, -0.1) is 0 Å². The van der Waals surface area contributed by atoms with Gasteiger partial charge in [0.05, 0.1) is 5.56 Å². The van der Waals surface area contributed by atoms with Crippen molar-refractivity contribution in [3.05, 3.63) is 23.4 Å². The molecule has 21 heavy (non-hydrogen) atoms. The Kier molecular flexibility index (Phi) is 4.70. The van der Waals surface area contributed by atoms with Gasteiger partial charge in [0.25, 0.3) is 0 Å². The van der Waals surface area contributed by atoms with Crippen LogP contribution in [-0.4, -0.2) is 22.6 Å². The van der Waals surface area contributed by atoms with Crippen LogP contribution >= 0.6 is 12.2 Å². The Balaban J connectivity index is 2.49. The van der Waals surface area contributed by atoms with Crippen LogP contribution < -0.4 is 10.6 Å². The van der Waals surface area contributed by atoms with Crippen LogP contribution in [0.4, 0.5) is 19.0 Å². The first-order chi connectivity index (χ1) is 9.80. The third kappa shape index (κ3) is 3.64. The van der Waals surface area contributed by atoms with Crippen molar-refractivity contribution in [1.29, 1.82) is 0 Å². The highest BCUT2D eigenvalue weighted by Crippen LogP contribution is 2.32. The van der Waals surface area contributed by atoms with Crippen LogP contribution in [0.3, 0.4) is 0 Å². The minimum Gasteiger partial charge on any atom is -0.389 e. The van der Waals surface area contributed by atoms with E-state index in [1.165, 1.54) is 6.07 Å². The summed E-state index contributed by atoms with van der Waals surface area (Å²) < 4.78 is 38.7. The lowest BCUT2D eigenvalue weighted by molar-refractivity contribution is -0.141. The second-order valence-corrected chi connectivity index (χ2v) is 5.76. The Morgan fingerprint density at radius 2 is 2.05 bits per heavy atom. The number of hydrogen-bond acceptors (Lipinski definition) is 3. The lowest BCUT2D eigenvalue weighted by atomic mass is 10.1. The van der Waals surface area contributed by atoms with E-state index in [4.69, 9.17) is 18.0 Å². The summed E-state index contributed by atoms with van der Waals surface area (Å²) in [5.74, 6) is 0.256. The van der Waals surface area contributed by atoms with Crippen molar-refractivity contribution < 1.29 is 13.2 Å². The molecule has 0 amide bonds. The van der Waals surface area contributed by atoms with Crippen molar-refractivity contribution in [2.45, 2.75) is 44.8 Å². The molecule has 1 atom stereocenters. The molecular formula is C14H18F3N3S. The van der Waals surface area contributed by atoms with E-state index in [1.807, 2.05) is 11.8 Å². The average Bonchev–Trinajstić information content (AvgIpc) is 2.61. The second kappa shape index (κ2) is 6.17. The Morgan fingerprint density at radius 3 is 2.67 bits per heavy atom. The molecule has 1 unspecified atom stereocenters. The summed E-state index contributed by atoms with van der Waals surface area (Å²) in [6.07, 6.45) is -0.479. The van der Waals surface area contributed by atoms with Crippen molar-refractivity contribution in [2.24, 2.45) is 5.73 Å². The molecule has 2 rings (SSSR count). The number of thiocarbonyl (C=S) groups is 1. The molecule has 2 N–H and O–H groups in total. The minimum atomic E-state index is -4.47. The number of halogens is 3. The Bertz CT molecular complexity index is 531. The maximum absolute atomic E-state index is 12.9. The van der Waals surface area contributed by atoms with Gasteiger partial charge in [0.1, 0.15) is 16.5 Å². The lowest BCUT2D eigenvalue weighted by Gasteiger charge is -2.30. The predicted molar refractivity (Wildman–Crippen MR) is 80.4 cm³/mol. The largest absolute Gasteiger partial charge is 0.433 e. The molecule has 0 bridgehead atoms. The fraction of sp³-hybridized carbons (Fsp3) is 0.571. The van der Waals surface area contributed by atoms with Crippen molar-refractivity contribution >= 4 is 23.0 Å². The van der Waals surface area contributed by atoms with Gasteiger partial charge >= 0.3 is 6.18 Å². The van der Waals surface area contributed by atoms with E-state index in [0.717, 1.165) is 31.7 Å². The van der Waals surface area contributed by atoms with Crippen molar-refractivity contribution in [3.8, 4) is 0 Å². The number of rotatable bonds is 2. The number of aromatic nitrogens is 1. The van der Waals surface area contributed by atoms with Gasteiger partial charge in [-0.3, -0.25) is 0 Å². The fourth-order valence-corrected chi connectivity index (χ4v) is 2.77. The van der Waals surface area contributed by atoms with Crippen LogP contribution in [0, 0.1) is 0 Å². The minimum absolute atomic E-state index is 0.0719. The summed E-state index contributed by atoms with van der Waals surface area (Å²) in [6.45, 7) is 2.67. The SMILES string of the molecule is CC1CCCCCN1c1nc(C(F)(F)F)ccc1C(N)=S. The van der Waals surface area contributed by atoms with Gasteiger partial charge in [-0.25, -0.2) is 4.98 Å². The molecule has 1 saturated heterocycles. The molecule has 0 aliphatic carbocycles. The molecule has 3 nitrogen and oxygen atoms in total. The van der Waals surface area contributed by atoms with Gasteiger partial charge < -0.3 is 10.6 Å². The maximum Gasteiger partial charge on any atom is 0.433 e. The Morgan fingerprint density at radius 1 is 1.33 bits per heavy atom. The van der Waals surface area contributed by atoms with Gasteiger partial charge in [0, 0.05) is 12.6 Å². The van der Waals surface area contributed by atoms with E-state index in [0.29, 0.717) is 12.1 Å². The molecule has 0 aromatic carbocycles. The normalized spacial score (nSPS) is 20.2. The number of hydrogen-bond donors (Lipinski definition) is 1. The number of nitrogens with two attached hydrogens (primary N) is 1. The van der Waals surface area contributed by atoms with Crippen LogP contribution in [-0.2, 0) is 6.18 Å². The van der Waals surface area contributed by atoms with Gasteiger partial charge in [-0.1, -0.05) is 25.1 Å².